The number of hydrogen-bond acceptors (Lipinski definition) is 16. The molecule has 11 atom stereocenters. The van der Waals surface area contributed by atoms with Crippen LogP contribution in [0.5, 0.6) is 5.75 Å². The average Bonchev–Trinajstić information content (AvgIpc) is 2.97. The maximum absolute atomic E-state index is 13.7. The van der Waals surface area contributed by atoms with Crippen LogP contribution in [0.1, 0.15) is 5.56 Å². The van der Waals surface area contributed by atoms with Crippen molar-refractivity contribution in [3.05, 3.63) is 58.9 Å². The molecule has 1 aromatic rings. The fraction of sp³-hybridized carbons (Fsp3) is 0.481. The molecule has 12 N–H and O–H groups in total. The van der Waals surface area contributed by atoms with Gasteiger partial charge >= 0.3 is 37.7 Å². The molecular weight excluding hydrogens is 620 g/mol. The molecule has 2 saturated heterocycles. The molecule has 0 radical (unpaired) electrons. The fourth-order valence-electron chi connectivity index (χ4n) is 5.02. The van der Waals surface area contributed by atoms with E-state index in [9.17, 15) is 65.8 Å². The van der Waals surface area contributed by atoms with Gasteiger partial charge in [-0.05, 0) is 29.5 Å². The van der Waals surface area contributed by atoms with Crippen LogP contribution >= 0.6 is 0 Å². The van der Waals surface area contributed by atoms with Gasteiger partial charge in [-0.3, -0.25) is 9.59 Å². The third-order valence-corrected chi connectivity index (χ3v) is 7.44. The van der Waals surface area contributed by atoms with Crippen molar-refractivity contribution in [3.63, 3.8) is 0 Å². The number of benzene rings is 1. The minimum atomic E-state index is -3.24. The number of phenols is 1. The first kappa shape index (κ1) is 38.3. The molecule has 16 nitrogen and oxygen atoms in total. The summed E-state index contributed by atoms with van der Waals surface area (Å²) in [6, 6.07) is 5.43. The zero-order valence-corrected chi connectivity index (χ0v) is 25.1. The quantitative estimate of drug-likeness (QED) is 0.0568. The van der Waals surface area contributed by atoms with Crippen LogP contribution in [0, 0.1) is 6.08 Å². The summed E-state index contributed by atoms with van der Waals surface area (Å²) in [5, 5.41) is 114. The Kier molecular flexibility index (Phi) is 13.2. The molecule has 2 fully saturated rings. The molecular formula is C27H32CaO16. The molecule has 0 spiro atoms. The van der Waals surface area contributed by atoms with Crippen LogP contribution in [0.15, 0.2) is 47.2 Å². The molecule has 2 aliphatic heterocycles. The molecule has 0 aromatic heterocycles. The number of Topliss-reactive ketones (excluding diaryl/α,β-unsaturated/α-hetero) is 1. The van der Waals surface area contributed by atoms with Crippen molar-refractivity contribution in [1.82, 2.24) is 0 Å². The molecule has 3 aliphatic rings. The van der Waals surface area contributed by atoms with E-state index in [1.165, 1.54) is 30.3 Å². The zero-order chi connectivity index (χ0) is 31.1. The van der Waals surface area contributed by atoms with E-state index in [4.69, 9.17) is 9.47 Å². The maximum Gasteiger partial charge on any atom is 2.00 e. The van der Waals surface area contributed by atoms with E-state index in [-0.39, 0.29) is 49.0 Å². The van der Waals surface area contributed by atoms with E-state index in [1.807, 2.05) is 0 Å². The second-order valence-electron chi connectivity index (χ2n) is 10.1. The van der Waals surface area contributed by atoms with Gasteiger partial charge in [0.15, 0.2) is 11.6 Å². The van der Waals surface area contributed by atoms with Gasteiger partial charge in [0.25, 0.3) is 0 Å². The van der Waals surface area contributed by atoms with Crippen molar-refractivity contribution >= 4 is 55.4 Å². The van der Waals surface area contributed by atoms with E-state index >= 15 is 0 Å². The van der Waals surface area contributed by atoms with Crippen LogP contribution in [0.3, 0.4) is 0 Å². The minimum absolute atomic E-state index is 0. The Balaban J connectivity index is 0.00000337. The summed E-state index contributed by atoms with van der Waals surface area (Å²) >= 11 is 0. The Morgan fingerprint density at radius 2 is 1.36 bits per heavy atom. The Morgan fingerprint density at radius 1 is 0.841 bits per heavy atom. The van der Waals surface area contributed by atoms with Gasteiger partial charge in [0, 0.05) is 5.57 Å². The molecule has 0 saturated carbocycles. The van der Waals surface area contributed by atoms with Gasteiger partial charge in [0.2, 0.25) is 0 Å². The van der Waals surface area contributed by atoms with E-state index in [0.29, 0.717) is 5.56 Å². The third kappa shape index (κ3) is 6.95. The second-order valence-corrected chi connectivity index (χ2v) is 10.1. The number of rotatable bonds is 7. The number of ketones is 2. The van der Waals surface area contributed by atoms with Crippen LogP contribution in [0.25, 0.3) is 6.08 Å². The minimum Gasteiger partial charge on any atom is -0.870 e. The molecule has 0 amide bonds. The van der Waals surface area contributed by atoms with Gasteiger partial charge in [-0.1, -0.05) is 18.2 Å². The van der Waals surface area contributed by atoms with Gasteiger partial charge in [0.05, 0.1) is 19.3 Å². The van der Waals surface area contributed by atoms with Crippen LogP contribution in [0.4, 0.5) is 0 Å². The average molecular weight is 653 g/mol. The zero-order valence-electron chi connectivity index (χ0n) is 22.9. The molecule has 1 aliphatic carbocycles. The maximum atomic E-state index is 13.7. The van der Waals surface area contributed by atoms with E-state index in [0.717, 1.165) is 6.08 Å². The molecule has 4 rings (SSSR count). The normalized spacial score (nSPS) is 37.7. The van der Waals surface area contributed by atoms with Crippen molar-refractivity contribution in [2.24, 2.45) is 0 Å². The van der Waals surface area contributed by atoms with Crippen molar-refractivity contribution in [3.8, 4) is 5.75 Å². The first-order chi connectivity index (χ1) is 19.8. The molecule has 238 valence electrons. The summed E-state index contributed by atoms with van der Waals surface area (Å²) in [5.41, 5.74) is -4.82. The smallest absolute Gasteiger partial charge is 0.870 e. The molecule has 44 heavy (non-hydrogen) atoms. The topological polar surface area (TPSA) is 305 Å². The molecule has 0 unspecified atom stereocenters. The SMILES string of the molecule is O=C(/C=C/c1ccc(O)cc1)C1=C(O)C([C@@H]2O[C@H](CO)[C@@H](O)[C@H](O)[C@H]2O)=[C-][C@](O)([C@@H]2O[C@H](CO)[C@@H](O)[C@H](O)[C@H]2O)C1=O.[Ca+2].[OH-]. The monoisotopic (exact) mass is 652 g/mol. The van der Waals surface area contributed by atoms with Gasteiger partial charge in [-0.2, -0.15) is 0 Å². The largest absolute Gasteiger partial charge is 2.00 e. The van der Waals surface area contributed by atoms with Crippen LogP contribution in [0.2, 0.25) is 0 Å². The summed E-state index contributed by atoms with van der Waals surface area (Å²) in [7, 11) is 0. The summed E-state index contributed by atoms with van der Waals surface area (Å²) < 4.78 is 10.8. The van der Waals surface area contributed by atoms with Crippen LogP contribution in [-0.4, -0.2) is 191 Å². The van der Waals surface area contributed by atoms with Gasteiger partial charge < -0.3 is 71.1 Å². The standard InChI is InChI=1S/C27H31O15.Ca.H2O/c28-8-14-18(33)20(35)22(37)24(41-14)12-7-27(40,26-23(38)21(36)19(34)15(9-29)42-26)25(39)16(17(12)32)13(31)6-3-10-1-4-11(30)5-2-10;;/h1-6,14-15,18-24,26,28-30,32-38,40H,8-9H2;;1H2/q-1;+2;/p-1/b6-3+;;/t14-,15-,18-,19-,20+,21+,22-,23-,24+,26-,27-;;/m1../s1. The Bertz CT molecular complexity index is 1280. The number of aromatic hydroxyl groups is 1. The van der Waals surface area contributed by atoms with Crippen LogP contribution < -0.4 is 0 Å². The van der Waals surface area contributed by atoms with Crippen molar-refractivity contribution < 1.29 is 80.7 Å². The van der Waals surface area contributed by atoms with Gasteiger partial charge in [0.1, 0.15) is 66.3 Å². The number of ether oxygens (including phenoxy) is 2. The molecule has 1 aromatic carbocycles. The van der Waals surface area contributed by atoms with E-state index in [1.54, 1.807) is 0 Å². The number of aliphatic hydroxyl groups excluding tert-OH is 9. The van der Waals surface area contributed by atoms with Crippen molar-refractivity contribution in [2.45, 2.75) is 66.6 Å². The number of hydrogen-bond donors (Lipinski definition) is 11. The number of allylic oxidation sites excluding steroid dienone is 1. The number of carbonyl (C=O) groups is 2. The van der Waals surface area contributed by atoms with Gasteiger partial charge in [-0.15, -0.1) is 5.57 Å². The second kappa shape index (κ2) is 15.2. The van der Waals surface area contributed by atoms with E-state index in [2.05, 4.69) is 6.08 Å². The van der Waals surface area contributed by atoms with Crippen molar-refractivity contribution in [2.75, 3.05) is 13.2 Å². The van der Waals surface area contributed by atoms with E-state index < -0.39 is 108 Å². The van der Waals surface area contributed by atoms with Gasteiger partial charge in [-0.25, -0.2) is 6.08 Å². The predicted molar refractivity (Wildman–Crippen MR) is 144 cm³/mol. The number of carbonyl (C=O) groups excluding carboxylic acids is 2. The first-order valence-electron chi connectivity index (χ1n) is 12.7. The number of phenolic OH excluding ortho intramolecular Hbond substituents is 1. The third-order valence-electron chi connectivity index (χ3n) is 7.44. The van der Waals surface area contributed by atoms with Crippen molar-refractivity contribution in [1.29, 1.82) is 0 Å². The summed E-state index contributed by atoms with van der Waals surface area (Å²) in [4.78, 5) is 27.0. The predicted octanol–water partition coefficient (Wildman–Crippen LogP) is -5.04. The fourth-order valence-corrected chi connectivity index (χ4v) is 5.02. The Hall–Kier alpha value is -1.84. The molecule has 17 heteroatoms. The first-order valence-corrected chi connectivity index (χ1v) is 12.7. The van der Waals surface area contributed by atoms with Crippen LogP contribution in [-0.2, 0) is 19.1 Å². The Morgan fingerprint density at radius 3 is 1.91 bits per heavy atom. The summed E-state index contributed by atoms with van der Waals surface area (Å²) in [6.45, 7) is -1.84. The number of aliphatic hydroxyl groups is 10. The Labute approximate surface area is 279 Å². The summed E-state index contributed by atoms with van der Waals surface area (Å²) in [6.07, 6.45) is -15.3. The molecule has 2 heterocycles. The molecule has 0 bridgehead atoms. The summed E-state index contributed by atoms with van der Waals surface area (Å²) in [5.74, 6) is -4.08.